The van der Waals surface area contributed by atoms with Gasteiger partial charge in [-0.1, -0.05) is 74.5 Å². The molecule has 0 aromatic heterocycles. The Labute approximate surface area is 127 Å². The SMILES string of the molecule is C/C(=C\C(=O)CC(C)(C)c1ccccc1)c1ccccc1. The largest absolute Gasteiger partial charge is 0.295 e. The first-order valence-electron chi connectivity index (χ1n) is 7.31. The number of carbonyl (C=O) groups is 1. The zero-order valence-electron chi connectivity index (χ0n) is 13.0. The quantitative estimate of drug-likeness (QED) is 0.701. The zero-order valence-corrected chi connectivity index (χ0v) is 13.0. The van der Waals surface area contributed by atoms with Crippen molar-refractivity contribution in [3.63, 3.8) is 0 Å². The van der Waals surface area contributed by atoms with Crippen molar-refractivity contribution in [1.82, 2.24) is 0 Å². The first-order valence-corrected chi connectivity index (χ1v) is 7.31. The van der Waals surface area contributed by atoms with Crippen molar-refractivity contribution in [2.75, 3.05) is 0 Å². The van der Waals surface area contributed by atoms with Gasteiger partial charge in [-0.25, -0.2) is 0 Å². The summed E-state index contributed by atoms with van der Waals surface area (Å²) in [6.07, 6.45) is 2.28. The fourth-order valence-electron chi connectivity index (χ4n) is 2.50. The summed E-state index contributed by atoms with van der Waals surface area (Å²) in [6.45, 7) is 6.22. The van der Waals surface area contributed by atoms with Gasteiger partial charge < -0.3 is 0 Å². The number of ketones is 1. The van der Waals surface area contributed by atoms with Crippen LogP contribution in [0.3, 0.4) is 0 Å². The Hall–Kier alpha value is -2.15. The van der Waals surface area contributed by atoms with Crippen LogP contribution in [0, 0.1) is 0 Å². The van der Waals surface area contributed by atoms with Crippen LogP contribution in [0.1, 0.15) is 38.3 Å². The van der Waals surface area contributed by atoms with Crippen molar-refractivity contribution in [3.05, 3.63) is 77.9 Å². The van der Waals surface area contributed by atoms with Crippen LogP contribution in [0.2, 0.25) is 0 Å². The predicted molar refractivity (Wildman–Crippen MR) is 89.2 cm³/mol. The van der Waals surface area contributed by atoms with Crippen LogP contribution in [0.15, 0.2) is 66.7 Å². The molecule has 2 aromatic rings. The molecule has 0 amide bonds. The molecule has 2 rings (SSSR count). The van der Waals surface area contributed by atoms with Crippen LogP contribution in [0.5, 0.6) is 0 Å². The van der Waals surface area contributed by atoms with Crippen molar-refractivity contribution >= 4 is 11.4 Å². The highest BCUT2D eigenvalue weighted by molar-refractivity contribution is 5.97. The average Bonchev–Trinajstić information content (AvgIpc) is 2.48. The van der Waals surface area contributed by atoms with Gasteiger partial charge in [-0.3, -0.25) is 4.79 Å². The van der Waals surface area contributed by atoms with E-state index in [9.17, 15) is 4.79 Å². The van der Waals surface area contributed by atoms with E-state index in [1.54, 1.807) is 6.08 Å². The minimum absolute atomic E-state index is 0.147. The number of rotatable bonds is 5. The average molecular weight is 278 g/mol. The monoisotopic (exact) mass is 278 g/mol. The maximum atomic E-state index is 12.3. The summed E-state index contributed by atoms with van der Waals surface area (Å²) in [6, 6.07) is 20.2. The first-order chi connectivity index (χ1) is 9.99. The fraction of sp³-hybridized carbons (Fsp3) is 0.250. The van der Waals surface area contributed by atoms with Gasteiger partial charge in [0.05, 0.1) is 0 Å². The molecule has 0 fully saturated rings. The van der Waals surface area contributed by atoms with E-state index in [0.29, 0.717) is 6.42 Å². The molecule has 21 heavy (non-hydrogen) atoms. The second-order valence-electron chi connectivity index (χ2n) is 6.09. The molecular formula is C20H22O. The molecular weight excluding hydrogens is 256 g/mol. The lowest BCUT2D eigenvalue weighted by Gasteiger charge is -2.24. The van der Waals surface area contributed by atoms with Gasteiger partial charge in [0.1, 0.15) is 0 Å². The van der Waals surface area contributed by atoms with Crippen LogP contribution >= 0.6 is 0 Å². The summed E-state index contributed by atoms with van der Waals surface area (Å²) in [5.41, 5.74) is 3.17. The minimum Gasteiger partial charge on any atom is -0.295 e. The van der Waals surface area contributed by atoms with Crippen molar-refractivity contribution in [3.8, 4) is 0 Å². The molecule has 108 valence electrons. The van der Waals surface area contributed by atoms with Crippen LogP contribution in [0.25, 0.3) is 5.57 Å². The summed E-state index contributed by atoms with van der Waals surface area (Å²) in [5.74, 6) is 0.171. The second-order valence-corrected chi connectivity index (χ2v) is 6.09. The highest BCUT2D eigenvalue weighted by Gasteiger charge is 2.23. The van der Waals surface area contributed by atoms with Crippen LogP contribution in [-0.2, 0) is 10.2 Å². The Kier molecular flexibility index (Phi) is 4.74. The minimum atomic E-state index is -0.147. The summed E-state index contributed by atoms with van der Waals surface area (Å²) in [7, 11) is 0. The molecule has 0 unspecified atom stereocenters. The van der Waals surface area contributed by atoms with E-state index in [2.05, 4.69) is 26.0 Å². The van der Waals surface area contributed by atoms with E-state index in [4.69, 9.17) is 0 Å². The molecule has 0 bridgehead atoms. The standard InChI is InChI=1S/C20H22O/c1-16(17-10-6-4-7-11-17)14-19(21)15-20(2,3)18-12-8-5-9-13-18/h4-14H,15H2,1-3H3/b16-14+. The maximum absolute atomic E-state index is 12.3. The summed E-state index contributed by atoms with van der Waals surface area (Å²) in [5, 5.41) is 0. The first kappa shape index (κ1) is 15.2. The van der Waals surface area contributed by atoms with E-state index in [-0.39, 0.29) is 11.2 Å². The summed E-state index contributed by atoms with van der Waals surface area (Å²) < 4.78 is 0. The molecule has 1 heteroatoms. The van der Waals surface area contributed by atoms with E-state index in [0.717, 1.165) is 11.1 Å². The highest BCUT2D eigenvalue weighted by Crippen LogP contribution is 2.27. The second kappa shape index (κ2) is 6.53. The van der Waals surface area contributed by atoms with Crippen molar-refractivity contribution in [1.29, 1.82) is 0 Å². The number of hydrogen-bond donors (Lipinski definition) is 0. The number of allylic oxidation sites excluding steroid dienone is 2. The molecule has 0 N–H and O–H groups in total. The Morgan fingerprint density at radius 3 is 2.05 bits per heavy atom. The molecule has 0 aliphatic heterocycles. The van der Waals surface area contributed by atoms with E-state index < -0.39 is 0 Å². The Morgan fingerprint density at radius 2 is 1.48 bits per heavy atom. The van der Waals surface area contributed by atoms with Gasteiger partial charge in [0, 0.05) is 6.42 Å². The van der Waals surface area contributed by atoms with Gasteiger partial charge in [-0.05, 0) is 35.1 Å². The van der Waals surface area contributed by atoms with Gasteiger partial charge in [0.2, 0.25) is 0 Å². The van der Waals surface area contributed by atoms with Crippen molar-refractivity contribution < 1.29 is 4.79 Å². The van der Waals surface area contributed by atoms with E-state index in [1.165, 1.54) is 5.56 Å². The highest BCUT2D eigenvalue weighted by atomic mass is 16.1. The van der Waals surface area contributed by atoms with Crippen molar-refractivity contribution in [2.45, 2.75) is 32.6 Å². The zero-order chi connectivity index (χ0) is 15.3. The molecule has 0 aliphatic rings. The third-order valence-electron chi connectivity index (χ3n) is 3.78. The van der Waals surface area contributed by atoms with E-state index >= 15 is 0 Å². The summed E-state index contributed by atoms with van der Waals surface area (Å²) >= 11 is 0. The topological polar surface area (TPSA) is 17.1 Å². The molecule has 0 spiro atoms. The molecule has 0 saturated carbocycles. The Morgan fingerprint density at radius 1 is 0.952 bits per heavy atom. The Bertz CT molecular complexity index is 621. The van der Waals surface area contributed by atoms with Gasteiger partial charge in [-0.2, -0.15) is 0 Å². The lowest BCUT2D eigenvalue weighted by atomic mass is 9.80. The summed E-state index contributed by atoms with van der Waals surface area (Å²) in [4.78, 5) is 12.3. The van der Waals surface area contributed by atoms with Crippen LogP contribution < -0.4 is 0 Å². The number of hydrogen-bond acceptors (Lipinski definition) is 1. The van der Waals surface area contributed by atoms with Crippen molar-refractivity contribution in [2.24, 2.45) is 0 Å². The molecule has 0 aliphatic carbocycles. The van der Waals surface area contributed by atoms with Crippen LogP contribution in [0.4, 0.5) is 0 Å². The Balaban J connectivity index is 2.11. The third kappa shape index (κ3) is 4.16. The normalized spacial score (nSPS) is 12.2. The van der Waals surface area contributed by atoms with Crippen LogP contribution in [-0.4, -0.2) is 5.78 Å². The molecule has 1 nitrogen and oxygen atoms in total. The van der Waals surface area contributed by atoms with Gasteiger partial charge in [0.25, 0.3) is 0 Å². The van der Waals surface area contributed by atoms with Gasteiger partial charge in [0.15, 0.2) is 5.78 Å². The fourth-order valence-corrected chi connectivity index (χ4v) is 2.50. The third-order valence-corrected chi connectivity index (χ3v) is 3.78. The number of benzene rings is 2. The lowest BCUT2D eigenvalue weighted by Crippen LogP contribution is -2.21. The van der Waals surface area contributed by atoms with Gasteiger partial charge in [-0.15, -0.1) is 0 Å². The molecule has 0 heterocycles. The number of carbonyl (C=O) groups excluding carboxylic acids is 1. The maximum Gasteiger partial charge on any atom is 0.156 e. The lowest BCUT2D eigenvalue weighted by molar-refractivity contribution is -0.115. The predicted octanol–water partition coefficient (Wildman–Crippen LogP) is 5.03. The molecule has 0 saturated heterocycles. The van der Waals surface area contributed by atoms with Gasteiger partial charge >= 0.3 is 0 Å². The molecule has 2 aromatic carbocycles. The molecule has 0 radical (unpaired) electrons. The smallest absolute Gasteiger partial charge is 0.156 e. The molecule has 0 atom stereocenters. The van der Waals surface area contributed by atoms with E-state index in [1.807, 2.05) is 55.5 Å².